The highest BCUT2D eigenvalue weighted by Crippen LogP contribution is 2.24. The van der Waals surface area contributed by atoms with E-state index in [1.54, 1.807) is 6.07 Å². The second-order valence-electron chi connectivity index (χ2n) is 4.64. The van der Waals surface area contributed by atoms with Gasteiger partial charge in [0.25, 0.3) is 10.0 Å². The molecular weight excluding hydrogens is 392 g/mol. The van der Waals surface area contributed by atoms with Gasteiger partial charge in [0.15, 0.2) is 0 Å². The largest absolute Gasteiger partial charge is 0.318 e. The molecule has 0 atom stereocenters. The first-order valence-corrected chi connectivity index (χ1v) is 10.8. The Balaban J connectivity index is 2.57. The van der Waals surface area contributed by atoms with E-state index in [1.165, 1.54) is 35.2 Å². The van der Waals surface area contributed by atoms with E-state index in [4.69, 9.17) is 11.7 Å². The predicted octanol–water partition coefficient (Wildman–Crippen LogP) is -0.908. The van der Waals surface area contributed by atoms with Gasteiger partial charge in [0, 0.05) is 0 Å². The van der Waals surface area contributed by atoms with Crippen LogP contribution < -0.4 is 16.5 Å². The van der Waals surface area contributed by atoms with E-state index in [-0.39, 0.29) is 9.79 Å². The number of nitrogens with two attached hydrogens (primary N) is 2. The monoisotopic (exact) mass is 406 g/mol. The summed E-state index contributed by atoms with van der Waals surface area (Å²) in [6.45, 7) is 0. The van der Waals surface area contributed by atoms with Crippen LogP contribution in [0.4, 0.5) is 0 Å². The van der Waals surface area contributed by atoms with Crippen LogP contribution in [0.3, 0.4) is 0 Å². The number of nitrogens with one attached hydrogen (secondary N) is 1. The van der Waals surface area contributed by atoms with Crippen molar-refractivity contribution in [3.8, 4) is 0 Å². The quantitative estimate of drug-likeness (QED) is 0.409. The van der Waals surface area contributed by atoms with Gasteiger partial charge in [0.2, 0.25) is 9.84 Å². The molecule has 2 aromatic rings. The van der Waals surface area contributed by atoms with Gasteiger partial charge in [-0.2, -0.15) is 8.42 Å². The van der Waals surface area contributed by atoms with Gasteiger partial charge < -0.3 is 0 Å². The van der Waals surface area contributed by atoms with E-state index in [2.05, 4.69) is 0 Å². The fraction of sp³-hybridized carbons (Fsp3) is 0. The average molecular weight is 406 g/mol. The van der Waals surface area contributed by atoms with Crippen molar-refractivity contribution >= 4 is 30.1 Å². The maximum Gasteiger partial charge on any atom is 0.318 e. The molecule has 0 saturated carbocycles. The number of rotatable bonds is 6. The minimum Gasteiger partial charge on any atom is -0.257 e. The van der Waals surface area contributed by atoms with Crippen molar-refractivity contribution in [2.45, 2.75) is 14.7 Å². The highest BCUT2D eigenvalue weighted by Gasteiger charge is 2.33. The lowest BCUT2D eigenvalue weighted by Gasteiger charge is -2.16. The zero-order valence-corrected chi connectivity index (χ0v) is 14.9. The van der Waals surface area contributed by atoms with Gasteiger partial charge in [-0.25, -0.2) is 22.7 Å². The van der Waals surface area contributed by atoms with Crippen LogP contribution in [0.5, 0.6) is 0 Å². The standard InChI is InChI=1S/C12H14N4O6S3/c13-15-25(21,22)16(14)24(19,20)12-8-4-7-11(9-12)23(17,18)10-5-2-1-3-6-10/h1-9,15H,13-14H2. The molecule has 0 saturated heterocycles. The maximum atomic E-state index is 12.5. The summed E-state index contributed by atoms with van der Waals surface area (Å²) in [7, 11) is -13.5. The summed E-state index contributed by atoms with van der Waals surface area (Å²) < 4.78 is 72.2. The molecular formula is C12H14N4O6S3. The number of hydrogen-bond acceptors (Lipinski definition) is 8. The molecule has 0 spiro atoms. The Morgan fingerprint density at radius 1 is 0.760 bits per heavy atom. The number of sulfonamides is 1. The van der Waals surface area contributed by atoms with Crippen LogP contribution in [-0.2, 0) is 30.1 Å². The molecule has 25 heavy (non-hydrogen) atoms. The summed E-state index contributed by atoms with van der Waals surface area (Å²) in [5, 5.41) is 0. The van der Waals surface area contributed by atoms with Gasteiger partial charge >= 0.3 is 10.2 Å². The zero-order chi connectivity index (χ0) is 18.9. The highest BCUT2D eigenvalue weighted by molar-refractivity contribution is 8.03. The van der Waals surface area contributed by atoms with Crippen molar-refractivity contribution in [2.75, 3.05) is 0 Å². The number of sulfone groups is 1. The minimum absolute atomic E-state index is 0.0506. The van der Waals surface area contributed by atoms with Gasteiger partial charge in [-0.15, -0.1) is 4.83 Å². The second-order valence-corrected chi connectivity index (χ2v) is 10.2. The van der Waals surface area contributed by atoms with Crippen LogP contribution in [-0.4, -0.2) is 29.1 Å². The summed E-state index contributed by atoms with van der Waals surface area (Å²) in [6, 6.07) is 11.5. The maximum absolute atomic E-state index is 12.5. The number of benzene rings is 2. The van der Waals surface area contributed by atoms with Gasteiger partial charge in [-0.1, -0.05) is 24.3 Å². The second kappa shape index (κ2) is 6.80. The Hall–Kier alpha value is -1.87. The third-order valence-electron chi connectivity index (χ3n) is 3.09. The van der Waals surface area contributed by atoms with Crippen LogP contribution in [0.2, 0.25) is 0 Å². The Kier molecular flexibility index (Phi) is 5.29. The molecule has 0 amide bonds. The molecule has 2 rings (SSSR count). The lowest BCUT2D eigenvalue weighted by molar-refractivity contribution is 0.498. The van der Waals surface area contributed by atoms with E-state index < -0.39 is 38.8 Å². The molecule has 0 aliphatic heterocycles. The van der Waals surface area contributed by atoms with Gasteiger partial charge in [-0.05, 0) is 34.2 Å². The Morgan fingerprint density at radius 2 is 1.28 bits per heavy atom. The van der Waals surface area contributed by atoms with Crippen molar-refractivity contribution in [2.24, 2.45) is 11.7 Å². The van der Waals surface area contributed by atoms with Gasteiger partial charge in [0.05, 0.1) is 14.7 Å². The lowest BCUT2D eigenvalue weighted by atomic mass is 10.4. The molecule has 0 aromatic heterocycles. The molecule has 0 aliphatic carbocycles. The van der Waals surface area contributed by atoms with Gasteiger partial charge in [0.1, 0.15) is 0 Å². The summed E-state index contributed by atoms with van der Waals surface area (Å²) in [6.07, 6.45) is 0. The molecule has 0 bridgehead atoms. The Morgan fingerprint density at radius 3 is 1.84 bits per heavy atom. The first-order chi connectivity index (χ1) is 11.5. The molecule has 0 radical (unpaired) electrons. The van der Waals surface area contributed by atoms with Crippen molar-refractivity contribution in [1.82, 2.24) is 8.65 Å². The fourth-order valence-electron chi connectivity index (χ4n) is 1.82. The highest BCUT2D eigenvalue weighted by atomic mass is 32.3. The molecule has 10 nitrogen and oxygen atoms in total. The molecule has 0 aliphatic rings. The van der Waals surface area contributed by atoms with E-state index in [0.717, 1.165) is 18.2 Å². The zero-order valence-electron chi connectivity index (χ0n) is 12.5. The Labute approximate surface area is 145 Å². The van der Waals surface area contributed by atoms with E-state index in [0.29, 0.717) is 0 Å². The molecule has 5 N–H and O–H groups in total. The third-order valence-corrected chi connectivity index (χ3v) is 8.13. The minimum atomic E-state index is -4.76. The van der Waals surface area contributed by atoms with Crippen LogP contribution in [0.1, 0.15) is 0 Å². The van der Waals surface area contributed by atoms with E-state index in [1.807, 2.05) is 0 Å². The number of hydrazine groups is 2. The first-order valence-electron chi connectivity index (χ1n) is 6.46. The fourth-order valence-corrected chi connectivity index (χ4v) is 5.48. The normalized spacial score (nSPS) is 13.1. The first kappa shape index (κ1) is 19.5. The van der Waals surface area contributed by atoms with Crippen LogP contribution in [0, 0.1) is 0 Å². The molecule has 136 valence electrons. The molecule has 13 heteroatoms. The van der Waals surface area contributed by atoms with Crippen molar-refractivity contribution in [3.05, 3.63) is 54.6 Å². The summed E-state index contributed by atoms with van der Waals surface area (Å²) in [4.78, 5) is 0.238. The van der Waals surface area contributed by atoms with Gasteiger partial charge in [-0.3, -0.25) is 5.84 Å². The topological polar surface area (TPSA) is 170 Å². The lowest BCUT2D eigenvalue weighted by Crippen LogP contribution is -2.50. The summed E-state index contributed by atoms with van der Waals surface area (Å²) in [5.41, 5.74) is 0. The molecule has 0 unspecified atom stereocenters. The number of hydrogen-bond donors (Lipinski definition) is 3. The summed E-state index contributed by atoms with van der Waals surface area (Å²) in [5.74, 6) is 9.84. The van der Waals surface area contributed by atoms with Crippen LogP contribution in [0.25, 0.3) is 0 Å². The molecule has 0 heterocycles. The van der Waals surface area contributed by atoms with Crippen LogP contribution in [0.15, 0.2) is 69.3 Å². The van der Waals surface area contributed by atoms with Crippen molar-refractivity contribution in [1.29, 1.82) is 0 Å². The van der Waals surface area contributed by atoms with Crippen LogP contribution >= 0.6 is 0 Å². The van der Waals surface area contributed by atoms with Crippen molar-refractivity contribution < 1.29 is 25.3 Å². The smallest absolute Gasteiger partial charge is 0.257 e. The van der Waals surface area contributed by atoms with E-state index >= 15 is 0 Å². The van der Waals surface area contributed by atoms with E-state index in [9.17, 15) is 25.3 Å². The molecule has 2 aromatic carbocycles. The average Bonchev–Trinajstić information content (AvgIpc) is 2.61. The van der Waals surface area contributed by atoms with Crippen molar-refractivity contribution in [3.63, 3.8) is 0 Å². The summed E-state index contributed by atoms with van der Waals surface area (Å²) >= 11 is 0. The Bertz CT molecular complexity index is 1080. The third kappa shape index (κ3) is 3.72. The SMILES string of the molecule is NNS(=O)(=O)N(N)S(=O)(=O)c1cccc(S(=O)(=O)c2ccccc2)c1. The predicted molar refractivity (Wildman–Crippen MR) is 87.8 cm³/mol. The number of nitrogens with zero attached hydrogens (tertiary/aromatic N) is 1. The molecule has 0 fully saturated rings.